The number of thiocarbonyl (C=S) groups is 1. The van der Waals surface area contributed by atoms with Crippen LogP contribution in [0.4, 0.5) is 0 Å². The highest BCUT2D eigenvalue weighted by Crippen LogP contribution is 2.60. The second kappa shape index (κ2) is 9.63. The molecule has 1 saturated heterocycles. The number of nitrogens with zero attached hydrogens (tertiary/aromatic N) is 1. The van der Waals surface area contributed by atoms with Crippen molar-refractivity contribution in [3.63, 3.8) is 0 Å². The lowest BCUT2D eigenvalue weighted by Crippen LogP contribution is -2.27. The first-order chi connectivity index (χ1) is 15.7. The average Bonchev–Trinajstić information content (AvgIpc) is 3.20. The van der Waals surface area contributed by atoms with Crippen LogP contribution in [0, 0.1) is 17.3 Å². The lowest BCUT2D eigenvalue weighted by atomic mass is 10.1. The number of allylic oxidation sites excluding steroid dienone is 1. The summed E-state index contributed by atoms with van der Waals surface area (Å²) in [4.78, 5) is 27.6. The predicted molar refractivity (Wildman–Crippen MR) is 138 cm³/mol. The fourth-order valence-electron chi connectivity index (χ4n) is 3.94. The first-order valence-corrected chi connectivity index (χ1v) is 12.3. The van der Waals surface area contributed by atoms with Gasteiger partial charge in [-0.1, -0.05) is 103 Å². The Morgan fingerprint density at radius 1 is 1.15 bits per heavy atom. The molecule has 0 aromatic heterocycles. The minimum absolute atomic E-state index is 0.0490. The third-order valence-electron chi connectivity index (χ3n) is 5.92. The second-order valence-electron chi connectivity index (χ2n) is 8.52. The molecule has 2 unspecified atom stereocenters. The van der Waals surface area contributed by atoms with Crippen molar-refractivity contribution >= 4 is 69.5 Å². The number of rotatable bonds is 6. The molecular weight excluding hydrogens is 497 g/mol. The maximum Gasteiger partial charge on any atom is 0.315 e. The van der Waals surface area contributed by atoms with E-state index in [4.69, 9.17) is 40.2 Å². The number of carbonyl (C=O) groups excluding carboxylic acids is 2. The van der Waals surface area contributed by atoms with Crippen LogP contribution in [0.1, 0.15) is 25.0 Å². The van der Waals surface area contributed by atoms with Crippen LogP contribution in [0.25, 0.3) is 6.08 Å². The van der Waals surface area contributed by atoms with E-state index in [1.807, 2.05) is 44.2 Å². The molecule has 4 nitrogen and oxygen atoms in total. The summed E-state index contributed by atoms with van der Waals surface area (Å²) in [6, 6.07) is 16.8. The molecule has 2 aromatic carbocycles. The molecule has 4 rings (SSSR count). The number of halogens is 2. The van der Waals surface area contributed by atoms with Crippen LogP contribution in [0.15, 0.2) is 70.1 Å². The molecule has 1 amide bonds. The van der Waals surface area contributed by atoms with E-state index in [-0.39, 0.29) is 33.6 Å². The van der Waals surface area contributed by atoms with Gasteiger partial charge in [-0.2, -0.15) is 0 Å². The van der Waals surface area contributed by atoms with Gasteiger partial charge in [-0.05, 0) is 46.7 Å². The van der Waals surface area contributed by atoms with E-state index in [9.17, 15) is 9.59 Å². The number of hydrogen-bond acceptors (Lipinski definition) is 5. The molecule has 1 saturated carbocycles. The molecule has 8 heteroatoms. The van der Waals surface area contributed by atoms with Gasteiger partial charge < -0.3 is 4.74 Å². The van der Waals surface area contributed by atoms with Gasteiger partial charge in [0.05, 0.1) is 17.4 Å². The maximum atomic E-state index is 12.8. The van der Waals surface area contributed by atoms with Crippen molar-refractivity contribution < 1.29 is 14.3 Å². The number of ether oxygens (including phenoxy) is 1. The Morgan fingerprint density at radius 2 is 1.82 bits per heavy atom. The van der Waals surface area contributed by atoms with Crippen LogP contribution < -0.4 is 4.74 Å². The zero-order chi connectivity index (χ0) is 23.8. The van der Waals surface area contributed by atoms with Gasteiger partial charge in [-0.15, -0.1) is 0 Å². The van der Waals surface area contributed by atoms with E-state index >= 15 is 0 Å². The quantitative estimate of drug-likeness (QED) is 0.187. The van der Waals surface area contributed by atoms with Gasteiger partial charge >= 0.3 is 5.97 Å². The Labute approximate surface area is 212 Å². The van der Waals surface area contributed by atoms with E-state index in [1.165, 1.54) is 11.8 Å². The standard InChI is InChI=1S/C25H21Cl2NO3S2/c1-25(2)18(13-20(26)27)21(25)23(30)31-17-10-8-15(9-11-17)12-19-22(29)28(24(32)33-19)14-16-6-4-3-5-7-16/h3-13,18,21H,14H2,1-2H3. The molecule has 2 aliphatic rings. The summed E-state index contributed by atoms with van der Waals surface area (Å²) in [6.07, 6.45) is 3.48. The van der Waals surface area contributed by atoms with E-state index in [1.54, 1.807) is 41.3 Å². The van der Waals surface area contributed by atoms with E-state index in [0.717, 1.165) is 11.1 Å². The second-order valence-corrected chi connectivity index (χ2v) is 11.2. The number of thioether (sulfide) groups is 1. The van der Waals surface area contributed by atoms with E-state index in [0.29, 0.717) is 21.5 Å². The molecule has 2 aromatic rings. The molecule has 1 heterocycles. The van der Waals surface area contributed by atoms with Gasteiger partial charge in [0.15, 0.2) is 0 Å². The molecule has 1 aliphatic heterocycles. The molecule has 0 spiro atoms. The minimum atomic E-state index is -0.314. The largest absolute Gasteiger partial charge is 0.426 e. The van der Waals surface area contributed by atoms with E-state index in [2.05, 4.69) is 0 Å². The average molecular weight is 518 g/mol. The van der Waals surface area contributed by atoms with Gasteiger partial charge in [0.2, 0.25) is 0 Å². The van der Waals surface area contributed by atoms with Gasteiger partial charge in [-0.25, -0.2) is 0 Å². The molecule has 2 atom stereocenters. The number of benzene rings is 2. The smallest absolute Gasteiger partial charge is 0.315 e. The normalized spacial score (nSPS) is 22.4. The van der Waals surface area contributed by atoms with Crippen LogP contribution in [-0.4, -0.2) is 21.1 Å². The Hall–Kier alpha value is -2.12. The molecule has 170 valence electrons. The Bertz CT molecular complexity index is 1160. The molecule has 0 bridgehead atoms. The fourth-order valence-corrected chi connectivity index (χ4v) is 5.47. The van der Waals surface area contributed by atoms with Crippen LogP contribution in [0.2, 0.25) is 0 Å². The van der Waals surface area contributed by atoms with Gasteiger partial charge in [-0.3, -0.25) is 14.5 Å². The first kappa shape index (κ1) is 24.0. The fraction of sp³-hybridized carbons (Fsp3) is 0.240. The molecule has 0 N–H and O–H groups in total. The zero-order valence-corrected chi connectivity index (χ0v) is 21.1. The Balaban J connectivity index is 1.40. The summed E-state index contributed by atoms with van der Waals surface area (Å²) in [7, 11) is 0. The monoisotopic (exact) mass is 517 g/mol. The molecule has 1 aliphatic carbocycles. The third kappa shape index (κ3) is 5.35. The lowest BCUT2D eigenvalue weighted by molar-refractivity contribution is -0.136. The third-order valence-corrected chi connectivity index (χ3v) is 7.55. The Kier molecular flexibility index (Phi) is 7.01. The Morgan fingerprint density at radius 3 is 2.45 bits per heavy atom. The SMILES string of the molecule is CC1(C)C(C=C(Cl)Cl)C1C(=O)Oc1ccc(C=C2SC(=S)N(Cc3ccccc3)C2=O)cc1. The minimum Gasteiger partial charge on any atom is -0.426 e. The summed E-state index contributed by atoms with van der Waals surface area (Å²) in [5, 5.41) is 0. The van der Waals surface area contributed by atoms with Crippen molar-refractivity contribution in [2.24, 2.45) is 17.3 Å². The van der Waals surface area contributed by atoms with Crippen LogP contribution >= 0.6 is 47.2 Å². The van der Waals surface area contributed by atoms with Gasteiger partial charge in [0.25, 0.3) is 5.91 Å². The summed E-state index contributed by atoms with van der Waals surface area (Å²) < 4.78 is 6.25. The van der Waals surface area contributed by atoms with Crippen molar-refractivity contribution in [1.82, 2.24) is 4.90 Å². The lowest BCUT2D eigenvalue weighted by Gasteiger charge is -2.14. The number of carbonyl (C=O) groups is 2. The van der Waals surface area contributed by atoms with Crippen molar-refractivity contribution in [2.75, 3.05) is 0 Å². The summed E-state index contributed by atoms with van der Waals surface area (Å²) in [5.74, 6) is -0.332. The van der Waals surface area contributed by atoms with Crippen molar-refractivity contribution in [2.45, 2.75) is 20.4 Å². The molecule has 0 radical (unpaired) electrons. The topological polar surface area (TPSA) is 46.6 Å². The van der Waals surface area contributed by atoms with Crippen LogP contribution in [0.3, 0.4) is 0 Å². The van der Waals surface area contributed by atoms with Crippen LogP contribution in [0.5, 0.6) is 5.75 Å². The van der Waals surface area contributed by atoms with E-state index < -0.39 is 0 Å². The maximum absolute atomic E-state index is 12.8. The van der Waals surface area contributed by atoms with Crippen LogP contribution in [-0.2, 0) is 16.1 Å². The first-order valence-electron chi connectivity index (χ1n) is 10.3. The molecule has 2 fully saturated rings. The highest BCUT2D eigenvalue weighted by molar-refractivity contribution is 8.26. The predicted octanol–water partition coefficient (Wildman–Crippen LogP) is 6.58. The van der Waals surface area contributed by atoms with Gasteiger partial charge in [0, 0.05) is 0 Å². The number of esters is 1. The van der Waals surface area contributed by atoms with Gasteiger partial charge in [0.1, 0.15) is 14.6 Å². The highest BCUT2D eigenvalue weighted by atomic mass is 35.5. The summed E-state index contributed by atoms with van der Waals surface area (Å²) in [6.45, 7) is 4.40. The van der Waals surface area contributed by atoms with Crippen molar-refractivity contribution in [3.8, 4) is 5.75 Å². The molecule has 33 heavy (non-hydrogen) atoms. The highest BCUT2D eigenvalue weighted by Gasteiger charge is 2.61. The number of hydrogen-bond donors (Lipinski definition) is 0. The summed E-state index contributed by atoms with van der Waals surface area (Å²) >= 11 is 18.2. The van der Waals surface area contributed by atoms with Crippen molar-refractivity contribution in [3.05, 3.63) is 81.2 Å². The summed E-state index contributed by atoms with van der Waals surface area (Å²) in [5.41, 5.74) is 1.59. The molecular formula is C25H21Cl2NO3S2. The number of amides is 1. The van der Waals surface area contributed by atoms with Crippen molar-refractivity contribution in [1.29, 1.82) is 0 Å². The zero-order valence-electron chi connectivity index (χ0n) is 18.0.